The van der Waals surface area contributed by atoms with Crippen molar-refractivity contribution in [2.75, 3.05) is 55.7 Å². The van der Waals surface area contributed by atoms with Crippen LogP contribution in [0.5, 0.6) is 11.5 Å². The number of carbonyl (C=O) groups is 4. The Hall–Kier alpha value is -6.73. The van der Waals surface area contributed by atoms with Gasteiger partial charge in [0.1, 0.15) is 62.2 Å². The fourth-order valence-electron chi connectivity index (χ4n) is 7.03. The van der Waals surface area contributed by atoms with Crippen LogP contribution in [0.15, 0.2) is 82.2 Å². The molecule has 0 spiro atoms. The molecule has 0 saturated carbocycles. The van der Waals surface area contributed by atoms with Gasteiger partial charge in [-0.1, -0.05) is 24.3 Å². The quantitative estimate of drug-likeness (QED) is 0.0301. The number of rotatable bonds is 22. The Kier molecular flexibility index (Phi) is 12.7. The van der Waals surface area contributed by atoms with Crippen molar-refractivity contribution in [3.63, 3.8) is 0 Å². The minimum absolute atomic E-state index is 0.115. The minimum Gasteiger partial charge on any atom is -0.488 e. The molecule has 0 amide bonds. The predicted octanol–water partition coefficient (Wildman–Crippen LogP) is 5.25. The molecule has 0 unspecified atom stereocenters. The van der Waals surface area contributed by atoms with E-state index in [2.05, 4.69) is 0 Å². The predicted molar refractivity (Wildman–Crippen MR) is 215 cm³/mol. The van der Waals surface area contributed by atoms with E-state index < -0.39 is 55.8 Å². The van der Waals surface area contributed by atoms with Crippen molar-refractivity contribution in [1.29, 1.82) is 0 Å². The van der Waals surface area contributed by atoms with Crippen LogP contribution in [-0.2, 0) is 38.7 Å². The lowest BCUT2D eigenvalue weighted by Crippen LogP contribution is -2.35. The molecule has 0 atom stereocenters. The zero-order chi connectivity index (χ0) is 43.3. The SMILES string of the molecule is Cc1ccc(N(CC(=O)O)CC(=O)O)c(OCCOc2cc(-c3c4ccc(=NCCC5(CCC6OO6)OO5)cc-4oc4cc(C)ccc34)ccc2N(CC(=O)O)CC(=O)O)c1. The van der Waals surface area contributed by atoms with Crippen molar-refractivity contribution < 1.29 is 73.0 Å². The third kappa shape index (κ3) is 10.9. The molecular formula is C43H43N3O15. The van der Waals surface area contributed by atoms with E-state index in [4.69, 9.17) is 38.4 Å². The molecule has 61 heavy (non-hydrogen) atoms. The fourth-order valence-corrected chi connectivity index (χ4v) is 7.03. The van der Waals surface area contributed by atoms with Gasteiger partial charge in [0.05, 0.1) is 16.7 Å². The van der Waals surface area contributed by atoms with Crippen LogP contribution in [-0.4, -0.2) is 102 Å². The molecule has 3 aliphatic heterocycles. The molecule has 0 radical (unpaired) electrons. The van der Waals surface area contributed by atoms with E-state index >= 15 is 0 Å². The zero-order valence-corrected chi connectivity index (χ0v) is 33.2. The van der Waals surface area contributed by atoms with Crippen LogP contribution in [0.2, 0.25) is 0 Å². The second-order valence-corrected chi connectivity index (χ2v) is 14.7. The Balaban J connectivity index is 1.21. The first-order valence-corrected chi connectivity index (χ1v) is 19.3. The summed E-state index contributed by atoms with van der Waals surface area (Å²) in [4.78, 5) is 74.3. The van der Waals surface area contributed by atoms with Crippen molar-refractivity contribution in [1.82, 2.24) is 0 Å². The topological polar surface area (TPSA) is 250 Å². The molecule has 0 bridgehead atoms. The Morgan fingerprint density at radius 3 is 1.85 bits per heavy atom. The van der Waals surface area contributed by atoms with Gasteiger partial charge in [-0.25, -0.2) is 0 Å². The highest BCUT2D eigenvalue weighted by Crippen LogP contribution is 2.43. The number of nitrogens with zero attached hydrogens (tertiary/aromatic N) is 3. The van der Waals surface area contributed by atoms with Crippen LogP contribution in [0.25, 0.3) is 33.4 Å². The number of hydrogen-bond acceptors (Lipinski definition) is 14. The molecule has 1 aliphatic carbocycles. The number of ether oxygens (including phenoxy) is 2. The standard InChI is InChI=1S/C43H43N3O15/c1-25-3-7-29-33(17-25)57-34-20-28(44-14-13-43(60-61-43)12-11-41-58-59-41)6-8-30(34)42(29)27-5-10-32(46(23-39(51)52)24-40(53)54)36(19-27)56-16-15-55-35-18-26(2)4-9-31(35)45(21-37(47)48)22-38(49)50/h3-10,17-20,41H,11-16,21-24H2,1-2H3,(H,47,48)(H,49,50)(H,51,52)(H,53,54). The molecule has 3 aromatic carbocycles. The van der Waals surface area contributed by atoms with Crippen LogP contribution in [0.1, 0.15) is 30.4 Å². The molecule has 4 N–H and O–H groups in total. The van der Waals surface area contributed by atoms with E-state index in [1.165, 1.54) is 4.90 Å². The van der Waals surface area contributed by atoms with Crippen molar-refractivity contribution in [3.05, 3.63) is 89.3 Å². The lowest BCUT2D eigenvalue weighted by atomic mass is 9.93. The van der Waals surface area contributed by atoms with E-state index in [9.17, 15) is 39.6 Å². The molecule has 2 fully saturated rings. The number of anilines is 2. The molecular weight excluding hydrogens is 798 g/mol. The van der Waals surface area contributed by atoms with Gasteiger partial charge in [-0.05, 0) is 73.0 Å². The summed E-state index contributed by atoms with van der Waals surface area (Å²) in [6.45, 7) is 1.45. The number of benzene rings is 4. The maximum Gasteiger partial charge on any atom is 0.323 e. The molecule has 7 rings (SSSR count). The fraction of sp³-hybridized carbons (Fsp3) is 0.326. The second kappa shape index (κ2) is 18.3. The lowest BCUT2D eigenvalue weighted by molar-refractivity contribution is -0.138. The third-order valence-electron chi connectivity index (χ3n) is 9.91. The second-order valence-electron chi connectivity index (χ2n) is 14.7. The minimum atomic E-state index is -1.26. The van der Waals surface area contributed by atoms with E-state index in [1.54, 1.807) is 43.3 Å². The van der Waals surface area contributed by atoms with Gasteiger partial charge in [0.2, 0.25) is 12.1 Å². The van der Waals surface area contributed by atoms with Crippen LogP contribution < -0.4 is 24.6 Å². The van der Waals surface area contributed by atoms with Crippen molar-refractivity contribution in [2.45, 2.75) is 45.2 Å². The molecule has 0 aromatic heterocycles. The summed E-state index contributed by atoms with van der Waals surface area (Å²) in [5.74, 6) is -4.77. The molecule has 4 aliphatic rings. The average Bonchev–Trinajstić information content (AvgIpc) is 4.14. The smallest absolute Gasteiger partial charge is 0.323 e. The van der Waals surface area contributed by atoms with Gasteiger partial charge >= 0.3 is 23.9 Å². The summed E-state index contributed by atoms with van der Waals surface area (Å²) in [5.41, 5.74) is 4.92. The Morgan fingerprint density at radius 2 is 1.26 bits per heavy atom. The van der Waals surface area contributed by atoms with Crippen LogP contribution in [0, 0.1) is 13.8 Å². The number of hydrogen-bond donors (Lipinski definition) is 4. The van der Waals surface area contributed by atoms with Gasteiger partial charge in [0.15, 0.2) is 0 Å². The van der Waals surface area contributed by atoms with Crippen LogP contribution in [0.4, 0.5) is 11.4 Å². The molecule has 3 aromatic rings. The van der Waals surface area contributed by atoms with Crippen LogP contribution in [0.3, 0.4) is 0 Å². The van der Waals surface area contributed by atoms with Crippen molar-refractivity contribution in [3.8, 4) is 33.9 Å². The highest BCUT2D eigenvalue weighted by Gasteiger charge is 2.49. The molecule has 18 heteroatoms. The molecule has 2 saturated heterocycles. The monoisotopic (exact) mass is 841 g/mol. The normalized spacial score (nSPS) is 14.5. The first kappa shape index (κ1) is 42.4. The maximum atomic E-state index is 11.9. The van der Waals surface area contributed by atoms with Crippen molar-refractivity contribution >= 4 is 46.2 Å². The largest absolute Gasteiger partial charge is 0.488 e. The number of carboxylic acid groups (broad SMARTS) is 4. The van der Waals surface area contributed by atoms with E-state index in [0.29, 0.717) is 48.1 Å². The van der Waals surface area contributed by atoms with Gasteiger partial charge in [-0.3, -0.25) is 24.2 Å². The van der Waals surface area contributed by atoms with Crippen molar-refractivity contribution in [2.24, 2.45) is 4.99 Å². The summed E-state index contributed by atoms with van der Waals surface area (Å²) in [6, 6.07) is 21.4. The van der Waals surface area contributed by atoms with E-state index in [0.717, 1.165) is 32.5 Å². The summed E-state index contributed by atoms with van der Waals surface area (Å²) >= 11 is 0. The Morgan fingerprint density at radius 1 is 0.689 bits per heavy atom. The molecule has 3 heterocycles. The average molecular weight is 842 g/mol. The van der Waals surface area contributed by atoms with Gasteiger partial charge in [0.25, 0.3) is 0 Å². The molecule has 320 valence electrons. The highest BCUT2D eigenvalue weighted by atomic mass is 17.4. The Labute approximate surface area is 347 Å². The summed E-state index contributed by atoms with van der Waals surface area (Å²) in [6.07, 6.45) is 1.54. The molecule has 18 nitrogen and oxygen atoms in total. The number of fused-ring (bicyclic) bond motifs is 2. The summed E-state index contributed by atoms with van der Waals surface area (Å²) < 4.78 is 18.8. The number of aliphatic carboxylic acids is 4. The maximum absolute atomic E-state index is 11.9. The summed E-state index contributed by atoms with van der Waals surface area (Å²) in [5, 5.41) is 39.8. The van der Waals surface area contributed by atoms with Gasteiger partial charge in [-0.2, -0.15) is 19.6 Å². The highest BCUT2D eigenvalue weighted by molar-refractivity contribution is 6.02. The van der Waals surface area contributed by atoms with Gasteiger partial charge in [0, 0.05) is 48.4 Å². The lowest BCUT2D eigenvalue weighted by Gasteiger charge is -2.25. The third-order valence-corrected chi connectivity index (χ3v) is 9.91. The summed E-state index contributed by atoms with van der Waals surface area (Å²) in [7, 11) is 0. The first-order valence-electron chi connectivity index (χ1n) is 19.3. The number of carboxylic acids is 4. The van der Waals surface area contributed by atoms with E-state index in [1.807, 2.05) is 43.3 Å². The number of aryl methyl sites for hydroxylation is 2. The van der Waals surface area contributed by atoms with Gasteiger partial charge < -0.3 is 44.1 Å². The first-order chi connectivity index (χ1) is 29.3. The van der Waals surface area contributed by atoms with Gasteiger partial charge in [-0.15, -0.1) is 0 Å². The van der Waals surface area contributed by atoms with E-state index in [-0.39, 0.29) is 42.4 Å². The van der Waals surface area contributed by atoms with Crippen LogP contribution >= 0.6 is 0 Å². The zero-order valence-electron chi connectivity index (χ0n) is 33.2. The Bertz CT molecular complexity index is 2460.